The number of hydrogen-bond acceptors (Lipinski definition) is 4. The molecule has 1 saturated heterocycles. The molecule has 1 amide bonds. The first-order valence-corrected chi connectivity index (χ1v) is 9.78. The fraction of sp³-hybridized carbons (Fsp3) is 0.545. The van der Waals surface area contributed by atoms with E-state index in [4.69, 9.17) is 5.41 Å². The minimum Gasteiger partial charge on any atom is -0.355 e. The van der Waals surface area contributed by atoms with Gasteiger partial charge in [0.15, 0.2) is 0 Å². The first kappa shape index (κ1) is 27.2. The molecule has 1 aromatic rings. The molecular weight excluding hydrogens is 336 g/mol. The fourth-order valence-electron chi connectivity index (χ4n) is 2.45. The van der Waals surface area contributed by atoms with E-state index in [-0.39, 0.29) is 5.91 Å². The van der Waals surface area contributed by atoms with Gasteiger partial charge < -0.3 is 21.4 Å². The smallest absolute Gasteiger partial charge is 0.251 e. The van der Waals surface area contributed by atoms with Gasteiger partial charge in [0.05, 0.1) is 0 Å². The van der Waals surface area contributed by atoms with Crippen molar-refractivity contribution in [1.29, 1.82) is 5.41 Å². The average Bonchev–Trinajstić information content (AvgIpc) is 2.76. The molecule has 27 heavy (non-hydrogen) atoms. The molecule has 0 spiro atoms. The van der Waals surface area contributed by atoms with Gasteiger partial charge in [-0.1, -0.05) is 26.0 Å². The van der Waals surface area contributed by atoms with Crippen LogP contribution >= 0.6 is 0 Å². The van der Waals surface area contributed by atoms with E-state index in [1.807, 2.05) is 38.2 Å². The molecule has 0 bridgehead atoms. The molecule has 1 aliphatic rings. The van der Waals surface area contributed by atoms with Crippen LogP contribution in [0.3, 0.4) is 0 Å². The molecule has 0 atom stereocenters. The lowest BCUT2D eigenvalue weighted by molar-refractivity contribution is 0.0963. The van der Waals surface area contributed by atoms with Crippen molar-refractivity contribution in [2.75, 3.05) is 33.7 Å². The highest BCUT2D eigenvalue weighted by Crippen LogP contribution is 2.09. The van der Waals surface area contributed by atoms with Crippen molar-refractivity contribution >= 4 is 12.1 Å². The first-order valence-electron chi connectivity index (χ1n) is 9.78. The van der Waals surface area contributed by atoms with Crippen LogP contribution in [0.2, 0.25) is 0 Å². The maximum atomic E-state index is 11.2. The van der Waals surface area contributed by atoms with Crippen LogP contribution in [0.1, 0.15) is 49.0 Å². The molecule has 1 heterocycles. The number of hydrogen-bond donors (Lipinski definition) is 4. The van der Waals surface area contributed by atoms with E-state index in [1.54, 1.807) is 7.05 Å². The van der Waals surface area contributed by atoms with Gasteiger partial charge in [0, 0.05) is 12.6 Å². The maximum absolute atomic E-state index is 11.2. The predicted octanol–water partition coefficient (Wildman–Crippen LogP) is 3.66. The lowest BCUT2D eigenvalue weighted by Gasteiger charge is -2.21. The van der Waals surface area contributed by atoms with Crippen LogP contribution in [0, 0.1) is 11.3 Å². The van der Waals surface area contributed by atoms with Crippen molar-refractivity contribution in [2.45, 2.75) is 39.5 Å². The molecule has 5 nitrogen and oxygen atoms in total. The van der Waals surface area contributed by atoms with Gasteiger partial charge in [0.25, 0.3) is 5.91 Å². The zero-order valence-corrected chi connectivity index (χ0v) is 17.7. The largest absolute Gasteiger partial charge is 0.355 e. The summed E-state index contributed by atoms with van der Waals surface area (Å²) >= 11 is 0. The standard InChI is InChI=1S/C10H13NO.C7H16N2.C3H7N.C2H4/c1-3-8-5-4-6-9(7-8)10(12)11-2;1-8-6-7-2-4-9-5-3-7;1-2-3-4;1-2/h4-7H,3H2,1-2H3,(H,11,12);7-9H,2-6H2,1H3;3-4H,2H2,1H3;1-2H2. The highest BCUT2D eigenvalue weighted by molar-refractivity contribution is 5.94. The SMILES string of the molecule is C=C.CCC=N.CCc1cccc(C(=O)NC)c1.CNCC1CCNCC1. The number of aryl methyl sites for hydroxylation is 1. The molecule has 4 N–H and O–H groups in total. The molecule has 2 rings (SSSR count). The predicted molar refractivity (Wildman–Crippen MR) is 119 cm³/mol. The zero-order chi connectivity index (χ0) is 20.9. The van der Waals surface area contributed by atoms with Gasteiger partial charge in [-0.25, -0.2) is 0 Å². The highest BCUT2D eigenvalue weighted by Gasteiger charge is 2.10. The van der Waals surface area contributed by atoms with Crippen molar-refractivity contribution in [1.82, 2.24) is 16.0 Å². The lowest BCUT2D eigenvalue weighted by atomic mass is 9.98. The third-order valence-electron chi connectivity index (χ3n) is 3.98. The normalized spacial score (nSPS) is 12.7. The Hall–Kier alpha value is -1.98. The van der Waals surface area contributed by atoms with Crippen molar-refractivity contribution < 1.29 is 4.79 Å². The summed E-state index contributed by atoms with van der Waals surface area (Å²) in [4.78, 5) is 11.2. The van der Waals surface area contributed by atoms with E-state index in [1.165, 1.54) is 44.3 Å². The summed E-state index contributed by atoms with van der Waals surface area (Å²) in [6, 6.07) is 7.66. The second kappa shape index (κ2) is 20.3. The van der Waals surface area contributed by atoms with Crippen LogP contribution in [0.5, 0.6) is 0 Å². The van der Waals surface area contributed by atoms with E-state index in [0.29, 0.717) is 0 Å². The number of carbonyl (C=O) groups excluding carboxylic acids is 1. The second-order valence-corrected chi connectivity index (χ2v) is 6.00. The molecule has 1 aromatic carbocycles. The molecule has 0 aromatic heterocycles. The third kappa shape index (κ3) is 14.8. The Morgan fingerprint density at radius 2 is 1.85 bits per heavy atom. The number of benzene rings is 1. The Morgan fingerprint density at radius 3 is 2.30 bits per heavy atom. The van der Waals surface area contributed by atoms with Crippen molar-refractivity contribution in [3.05, 3.63) is 48.6 Å². The summed E-state index contributed by atoms with van der Waals surface area (Å²) in [5.74, 6) is 0.904. The first-order chi connectivity index (χ1) is 13.1. The topological polar surface area (TPSA) is 77.0 Å². The maximum Gasteiger partial charge on any atom is 0.251 e. The van der Waals surface area contributed by atoms with Crippen LogP contribution in [-0.4, -0.2) is 45.9 Å². The van der Waals surface area contributed by atoms with Crippen molar-refractivity contribution in [2.24, 2.45) is 5.92 Å². The molecule has 0 saturated carbocycles. The van der Waals surface area contributed by atoms with Gasteiger partial charge >= 0.3 is 0 Å². The van der Waals surface area contributed by atoms with Gasteiger partial charge in [-0.3, -0.25) is 4.79 Å². The number of nitrogens with one attached hydrogen (secondary N) is 4. The van der Waals surface area contributed by atoms with Crippen molar-refractivity contribution in [3.8, 4) is 0 Å². The van der Waals surface area contributed by atoms with Gasteiger partial charge in [-0.15, -0.1) is 13.2 Å². The Bertz CT molecular complexity index is 482. The third-order valence-corrected chi connectivity index (χ3v) is 3.98. The number of carbonyl (C=O) groups is 1. The molecule has 5 heteroatoms. The van der Waals surface area contributed by atoms with Crippen LogP contribution in [-0.2, 0) is 6.42 Å². The Labute approximate surface area is 166 Å². The van der Waals surface area contributed by atoms with Gasteiger partial charge in [-0.05, 0) is 82.2 Å². The van der Waals surface area contributed by atoms with Crippen LogP contribution in [0.15, 0.2) is 37.4 Å². The number of piperidine rings is 1. The Morgan fingerprint density at radius 1 is 1.26 bits per heavy atom. The second-order valence-electron chi connectivity index (χ2n) is 6.00. The summed E-state index contributed by atoms with van der Waals surface area (Å²) in [6.45, 7) is 13.6. The quantitative estimate of drug-likeness (QED) is 0.468. The summed E-state index contributed by atoms with van der Waals surface area (Å²) < 4.78 is 0. The van der Waals surface area contributed by atoms with Gasteiger partial charge in [0.1, 0.15) is 0 Å². The van der Waals surface area contributed by atoms with E-state index < -0.39 is 0 Å². The number of amides is 1. The summed E-state index contributed by atoms with van der Waals surface area (Å²) in [5, 5.41) is 15.5. The Balaban J connectivity index is 0. The molecule has 0 unspecified atom stereocenters. The zero-order valence-electron chi connectivity index (χ0n) is 17.7. The number of rotatable bonds is 5. The summed E-state index contributed by atoms with van der Waals surface area (Å²) in [7, 11) is 3.67. The highest BCUT2D eigenvalue weighted by atomic mass is 16.1. The molecule has 0 radical (unpaired) electrons. The molecule has 0 aliphatic carbocycles. The van der Waals surface area contributed by atoms with E-state index >= 15 is 0 Å². The Kier molecular flexibility index (Phi) is 20.5. The monoisotopic (exact) mass is 376 g/mol. The molecular formula is C22H40N4O. The van der Waals surface area contributed by atoms with Crippen molar-refractivity contribution in [3.63, 3.8) is 0 Å². The van der Waals surface area contributed by atoms with E-state index in [2.05, 4.69) is 36.0 Å². The van der Waals surface area contributed by atoms with E-state index in [9.17, 15) is 4.79 Å². The van der Waals surface area contributed by atoms with E-state index in [0.717, 1.165) is 24.3 Å². The minimum atomic E-state index is -0.0229. The average molecular weight is 377 g/mol. The molecule has 1 aliphatic heterocycles. The lowest BCUT2D eigenvalue weighted by Crippen LogP contribution is -2.32. The minimum absolute atomic E-state index is 0.0229. The van der Waals surface area contributed by atoms with Gasteiger partial charge in [-0.2, -0.15) is 0 Å². The van der Waals surface area contributed by atoms with Crippen LogP contribution < -0.4 is 16.0 Å². The fourth-order valence-corrected chi connectivity index (χ4v) is 2.45. The summed E-state index contributed by atoms with van der Waals surface area (Å²) in [6.07, 6.45) is 5.90. The molecule has 1 fully saturated rings. The summed E-state index contributed by atoms with van der Waals surface area (Å²) in [5.41, 5.74) is 1.92. The van der Waals surface area contributed by atoms with Crippen LogP contribution in [0.25, 0.3) is 0 Å². The van der Waals surface area contributed by atoms with Gasteiger partial charge in [0.2, 0.25) is 0 Å². The molecule has 154 valence electrons. The van der Waals surface area contributed by atoms with Crippen LogP contribution in [0.4, 0.5) is 0 Å².